The average Bonchev–Trinajstić information content (AvgIpc) is 2.41. The van der Waals surface area contributed by atoms with Gasteiger partial charge < -0.3 is 15.4 Å². The number of carbonyl (C=O) groups is 1. The molecule has 0 aliphatic carbocycles. The lowest BCUT2D eigenvalue weighted by Crippen LogP contribution is -2.28. The number of nitriles is 1. The summed E-state index contributed by atoms with van der Waals surface area (Å²) in [6, 6.07) is 6.01. The highest BCUT2D eigenvalue weighted by molar-refractivity contribution is 5.76. The summed E-state index contributed by atoms with van der Waals surface area (Å²) < 4.78 is 18.3. The Balaban J connectivity index is 2.33. The van der Waals surface area contributed by atoms with Gasteiger partial charge >= 0.3 is 0 Å². The number of anilines is 1. The van der Waals surface area contributed by atoms with E-state index in [4.69, 9.17) is 10.00 Å². The van der Waals surface area contributed by atoms with E-state index in [2.05, 4.69) is 10.6 Å². The molecule has 0 saturated carbocycles. The van der Waals surface area contributed by atoms with Gasteiger partial charge in [0, 0.05) is 26.6 Å². The predicted molar refractivity (Wildman–Crippen MR) is 69.1 cm³/mol. The zero-order chi connectivity index (χ0) is 14.1. The zero-order valence-corrected chi connectivity index (χ0v) is 10.7. The molecule has 1 aromatic rings. The van der Waals surface area contributed by atoms with Crippen LogP contribution in [0.4, 0.5) is 10.1 Å². The smallest absolute Gasteiger partial charge is 0.221 e. The van der Waals surface area contributed by atoms with Crippen molar-refractivity contribution in [1.82, 2.24) is 5.32 Å². The summed E-state index contributed by atoms with van der Waals surface area (Å²) in [6.07, 6.45) is 0.239. The summed E-state index contributed by atoms with van der Waals surface area (Å²) in [5, 5.41) is 14.1. The van der Waals surface area contributed by atoms with Crippen molar-refractivity contribution in [2.75, 3.05) is 32.1 Å². The maximum atomic E-state index is 13.5. The van der Waals surface area contributed by atoms with Gasteiger partial charge in [-0.2, -0.15) is 5.26 Å². The Hall–Kier alpha value is -2.13. The molecule has 0 aliphatic rings. The van der Waals surface area contributed by atoms with Crippen molar-refractivity contribution in [3.8, 4) is 6.07 Å². The van der Waals surface area contributed by atoms with Gasteiger partial charge in [-0.3, -0.25) is 4.79 Å². The molecule has 0 fully saturated rings. The van der Waals surface area contributed by atoms with Crippen LogP contribution in [0.2, 0.25) is 0 Å². The van der Waals surface area contributed by atoms with Gasteiger partial charge in [-0.1, -0.05) is 0 Å². The molecule has 0 bridgehead atoms. The Bertz CT molecular complexity index is 471. The maximum Gasteiger partial charge on any atom is 0.221 e. The van der Waals surface area contributed by atoms with Crippen molar-refractivity contribution in [2.45, 2.75) is 6.42 Å². The number of rotatable bonds is 7. The largest absolute Gasteiger partial charge is 0.383 e. The van der Waals surface area contributed by atoms with Gasteiger partial charge in [-0.15, -0.1) is 0 Å². The Morgan fingerprint density at radius 3 is 2.89 bits per heavy atom. The second-order valence-corrected chi connectivity index (χ2v) is 3.83. The Kier molecular flexibility index (Phi) is 6.33. The van der Waals surface area contributed by atoms with E-state index in [0.29, 0.717) is 19.7 Å². The van der Waals surface area contributed by atoms with E-state index in [0.717, 1.165) is 6.07 Å². The lowest BCUT2D eigenvalue weighted by molar-refractivity contribution is -0.121. The van der Waals surface area contributed by atoms with Crippen LogP contribution in [0.25, 0.3) is 0 Å². The topological polar surface area (TPSA) is 74.2 Å². The molecule has 0 aliphatic heterocycles. The van der Waals surface area contributed by atoms with Gasteiger partial charge in [-0.05, 0) is 18.2 Å². The molecule has 0 radical (unpaired) electrons. The minimum atomic E-state index is -0.501. The molecule has 0 aromatic heterocycles. The molecule has 1 rings (SSSR count). The summed E-state index contributed by atoms with van der Waals surface area (Å²) in [7, 11) is 1.56. The van der Waals surface area contributed by atoms with Gasteiger partial charge in [0.15, 0.2) is 0 Å². The molecule has 5 nitrogen and oxygen atoms in total. The molecule has 102 valence electrons. The van der Waals surface area contributed by atoms with Crippen LogP contribution in [0.5, 0.6) is 0 Å². The summed E-state index contributed by atoms with van der Waals surface area (Å²) in [5.41, 5.74) is 0.545. The fourth-order valence-corrected chi connectivity index (χ4v) is 1.42. The highest BCUT2D eigenvalue weighted by Crippen LogP contribution is 2.14. The number of amides is 1. The highest BCUT2D eigenvalue weighted by atomic mass is 19.1. The van der Waals surface area contributed by atoms with Crippen LogP contribution < -0.4 is 10.6 Å². The van der Waals surface area contributed by atoms with Gasteiger partial charge in [-0.25, -0.2) is 4.39 Å². The fourth-order valence-electron chi connectivity index (χ4n) is 1.42. The third kappa shape index (κ3) is 5.36. The summed E-state index contributed by atoms with van der Waals surface area (Å²) in [4.78, 5) is 11.3. The molecule has 0 saturated heterocycles. The Morgan fingerprint density at radius 2 is 2.26 bits per heavy atom. The minimum Gasteiger partial charge on any atom is -0.383 e. The molecule has 0 unspecified atom stereocenters. The minimum absolute atomic E-state index is 0.126. The third-order valence-electron chi connectivity index (χ3n) is 2.39. The normalized spacial score (nSPS) is 9.74. The first-order valence-corrected chi connectivity index (χ1v) is 5.86. The monoisotopic (exact) mass is 265 g/mol. The van der Waals surface area contributed by atoms with Crippen molar-refractivity contribution < 1.29 is 13.9 Å². The lowest BCUT2D eigenvalue weighted by atomic mass is 10.2. The second-order valence-electron chi connectivity index (χ2n) is 3.83. The molecule has 0 atom stereocenters. The Morgan fingerprint density at radius 1 is 1.47 bits per heavy atom. The SMILES string of the molecule is COCCNC(=O)CCNc1ccc(C#N)cc1F. The molecule has 0 heterocycles. The van der Waals surface area contributed by atoms with Crippen LogP contribution in [0, 0.1) is 17.1 Å². The van der Waals surface area contributed by atoms with Crippen molar-refractivity contribution in [3.63, 3.8) is 0 Å². The average molecular weight is 265 g/mol. The van der Waals surface area contributed by atoms with E-state index >= 15 is 0 Å². The van der Waals surface area contributed by atoms with E-state index in [1.54, 1.807) is 7.11 Å². The second kappa shape index (κ2) is 8.06. The summed E-state index contributed by atoms with van der Waals surface area (Å²) >= 11 is 0. The van der Waals surface area contributed by atoms with Crippen molar-refractivity contribution in [1.29, 1.82) is 5.26 Å². The lowest BCUT2D eigenvalue weighted by Gasteiger charge is -2.08. The van der Waals surface area contributed by atoms with Crippen molar-refractivity contribution >= 4 is 11.6 Å². The van der Waals surface area contributed by atoms with E-state index in [-0.39, 0.29) is 23.6 Å². The van der Waals surface area contributed by atoms with Crippen LogP contribution in [0.1, 0.15) is 12.0 Å². The van der Waals surface area contributed by atoms with Gasteiger partial charge in [0.2, 0.25) is 5.91 Å². The van der Waals surface area contributed by atoms with Crippen molar-refractivity contribution in [2.24, 2.45) is 0 Å². The quantitative estimate of drug-likeness (QED) is 0.728. The number of benzene rings is 1. The Labute approximate surface area is 111 Å². The molecular formula is C13H16FN3O2. The van der Waals surface area contributed by atoms with E-state index < -0.39 is 5.82 Å². The highest BCUT2D eigenvalue weighted by Gasteiger charge is 2.04. The van der Waals surface area contributed by atoms with E-state index in [1.165, 1.54) is 12.1 Å². The molecule has 0 spiro atoms. The number of halogens is 1. The van der Waals surface area contributed by atoms with Crippen molar-refractivity contribution in [3.05, 3.63) is 29.6 Å². The first kappa shape index (κ1) is 14.9. The number of hydrogen-bond acceptors (Lipinski definition) is 4. The fraction of sp³-hybridized carbons (Fsp3) is 0.385. The van der Waals surface area contributed by atoms with Gasteiger partial charge in [0.05, 0.1) is 23.9 Å². The standard InChI is InChI=1S/C13H16FN3O2/c1-19-7-6-17-13(18)4-5-16-12-3-2-10(9-15)8-11(12)14/h2-3,8,16H,4-7H2,1H3,(H,17,18). The molecule has 19 heavy (non-hydrogen) atoms. The van der Waals surface area contributed by atoms with Crippen LogP contribution in [-0.2, 0) is 9.53 Å². The number of nitrogens with one attached hydrogen (secondary N) is 2. The zero-order valence-electron chi connectivity index (χ0n) is 10.7. The van der Waals surface area contributed by atoms with E-state index in [1.807, 2.05) is 6.07 Å². The van der Waals surface area contributed by atoms with Crippen LogP contribution in [-0.4, -0.2) is 32.7 Å². The number of hydrogen-bond donors (Lipinski definition) is 2. The first-order chi connectivity index (χ1) is 9.17. The third-order valence-corrected chi connectivity index (χ3v) is 2.39. The molecule has 1 amide bonds. The van der Waals surface area contributed by atoms with E-state index in [9.17, 15) is 9.18 Å². The van der Waals surface area contributed by atoms with Gasteiger partial charge in [0.25, 0.3) is 0 Å². The van der Waals surface area contributed by atoms with Crippen LogP contribution in [0.15, 0.2) is 18.2 Å². The molecule has 1 aromatic carbocycles. The molecular weight excluding hydrogens is 249 g/mol. The molecule has 6 heteroatoms. The van der Waals surface area contributed by atoms with Crippen LogP contribution in [0.3, 0.4) is 0 Å². The number of methoxy groups -OCH3 is 1. The summed E-state index contributed by atoms with van der Waals surface area (Å²) in [5.74, 6) is -0.627. The number of ether oxygens (including phenoxy) is 1. The first-order valence-electron chi connectivity index (χ1n) is 5.86. The molecule has 2 N–H and O–H groups in total. The predicted octanol–water partition coefficient (Wildman–Crippen LogP) is 1.26. The van der Waals surface area contributed by atoms with Crippen LogP contribution >= 0.6 is 0 Å². The number of nitrogens with zero attached hydrogens (tertiary/aromatic N) is 1. The maximum absolute atomic E-state index is 13.5. The van der Waals surface area contributed by atoms with Gasteiger partial charge in [0.1, 0.15) is 5.82 Å². The summed E-state index contributed by atoms with van der Waals surface area (Å²) in [6.45, 7) is 1.24. The number of carbonyl (C=O) groups excluding carboxylic acids is 1.